The van der Waals surface area contributed by atoms with Crippen LogP contribution in [0.25, 0.3) is 11.1 Å². The van der Waals surface area contributed by atoms with Gasteiger partial charge in [-0.25, -0.2) is 9.18 Å². The van der Waals surface area contributed by atoms with Crippen LogP contribution in [0.4, 0.5) is 9.18 Å². The highest BCUT2D eigenvalue weighted by molar-refractivity contribution is 5.72. The van der Waals surface area contributed by atoms with Crippen LogP contribution in [0.15, 0.2) is 73.1 Å². The second kappa shape index (κ2) is 7.35. The Morgan fingerprint density at radius 3 is 2.50 bits per heavy atom. The molecule has 0 aliphatic carbocycles. The summed E-state index contributed by atoms with van der Waals surface area (Å²) in [6.07, 6.45) is 2.52. The number of nitrogens with zero attached hydrogens (tertiary/aromatic N) is 1. The summed E-state index contributed by atoms with van der Waals surface area (Å²) in [6.45, 7) is 3.78. The van der Waals surface area contributed by atoms with E-state index < -0.39 is 11.6 Å². The first-order valence-corrected chi connectivity index (χ1v) is 8.20. The minimum Gasteiger partial charge on any atom is -0.409 e. The molecule has 2 aromatic carbocycles. The summed E-state index contributed by atoms with van der Waals surface area (Å²) in [5.41, 5.74) is 2.09. The van der Waals surface area contributed by atoms with E-state index in [1.165, 1.54) is 18.3 Å². The molecule has 3 rings (SSSR count). The number of carbonyl (C=O) groups excluding carboxylic acids is 1. The Balaban J connectivity index is 1.77. The first-order valence-electron chi connectivity index (χ1n) is 8.20. The number of pyridine rings is 1. The molecule has 5 heteroatoms. The Morgan fingerprint density at radius 2 is 1.81 bits per heavy atom. The molecule has 0 unspecified atom stereocenters. The van der Waals surface area contributed by atoms with Crippen molar-refractivity contribution >= 4 is 6.09 Å². The largest absolute Gasteiger partial charge is 0.413 e. The van der Waals surface area contributed by atoms with E-state index in [1.807, 2.05) is 38.1 Å². The van der Waals surface area contributed by atoms with E-state index in [4.69, 9.17) is 4.74 Å². The Hall–Kier alpha value is -3.21. The van der Waals surface area contributed by atoms with Crippen LogP contribution < -0.4 is 10.1 Å². The van der Waals surface area contributed by atoms with Gasteiger partial charge in [-0.1, -0.05) is 30.3 Å². The molecule has 0 aliphatic rings. The Bertz CT molecular complexity index is 893. The molecule has 0 saturated carbocycles. The highest BCUT2D eigenvalue weighted by Crippen LogP contribution is 2.27. The van der Waals surface area contributed by atoms with Gasteiger partial charge in [0.15, 0.2) is 5.75 Å². The lowest BCUT2D eigenvalue weighted by Crippen LogP contribution is -2.42. The summed E-state index contributed by atoms with van der Waals surface area (Å²) in [5, 5.41) is 2.86. The fourth-order valence-corrected chi connectivity index (χ4v) is 2.60. The smallest absolute Gasteiger partial charge is 0.409 e. The van der Waals surface area contributed by atoms with Gasteiger partial charge in [0.2, 0.25) is 0 Å². The van der Waals surface area contributed by atoms with Crippen LogP contribution in [0.5, 0.6) is 5.75 Å². The molecule has 0 saturated heterocycles. The summed E-state index contributed by atoms with van der Waals surface area (Å²) in [6, 6.07) is 17.4. The molecule has 1 aromatic heterocycles. The molecule has 1 amide bonds. The number of aromatic nitrogens is 1. The van der Waals surface area contributed by atoms with Crippen molar-refractivity contribution in [2.75, 3.05) is 0 Å². The molecule has 3 aromatic rings. The van der Waals surface area contributed by atoms with Crippen molar-refractivity contribution in [2.45, 2.75) is 19.4 Å². The number of nitrogens with one attached hydrogen (secondary N) is 1. The lowest BCUT2D eigenvalue weighted by atomic mass is 9.91. The fourth-order valence-electron chi connectivity index (χ4n) is 2.60. The predicted molar refractivity (Wildman–Crippen MR) is 98.3 cm³/mol. The summed E-state index contributed by atoms with van der Waals surface area (Å²) in [7, 11) is 0. The molecule has 4 nitrogen and oxygen atoms in total. The molecule has 26 heavy (non-hydrogen) atoms. The van der Waals surface area contributed by atoms with Crippen molar-refractivity contribution in [1.82, 2.24) is 10.3 Å². The number of halogens is 1. The van der Waals surface area contributed by atoms with Gasteiger partial charge in [-0.2, -0.15) is 0 Å². The second-order valence-corrected chi connectivity index (χ2v) is 6.42. The van der Waals surface area contributed by atoms with Crippen molar-refractivity contribution in [3.05, 3.63) is 84.4 Å². The first kappa shape index (κ1) is 17.6. The molecule has 132 valence electrons. The van der Waals surface area contributed by atoms with Gasteiger partial charge in [-0.3, -0.25) is 4.98 Å². The van der Waals surface area contributed by atoms with Gasteiger partial charge in [0.25, 0.3) is 0 Å². The van der Waals surface area contributed by atoms with Gasteiger partial charge in [0, 0.05) is 6.20 Å². The molecule has 0 radical (unpaired) electrons. The fraction of sp³-hybridized carbons (Fsp3) is 0.143. The third kappa shape index (κ3) is 4.25. The monoisotopic (exact) mass is 350 g/mol. The SMILES string of the molecule is CC(C)(NC(=O)Oc1cccnc1)c1cccc(-c2ccc(F)cc2)c1. The van der Waals surface area contributed by atoms with Gasteiger partial charge in [0.05, 0.1) is 11.7 Å². The van der Waals surface area contributed by atoms with Gasteiger partial charge in [0.1, 0.15) is 5.82 Å². The van der Waals surface area contributed by atoms with Crippen LogP contribution in [-0.4, -0.2) is 11.1 Å². The first-order chi connectivity index (χ1) is 12.4. The summed E-state index contributed by atoms with van der Waals surface area (Å²) < 4.78 is 18.4. The predicted octanol–water partition coefficient (Wildman–Crippen LogP) is 4.91. The molecular formula is C21H19FN2O2. The van der Waals surface area contributed by atoms with E-state index >= 15 is 0 Å². The molecule has 0 aliphatic heterocycles. The third-order valence-corrected chi connectivity index (χ3v) is 4.02. The average molecular weight is 350 g/mol. The van der Waals surface area contributed by atoms with Crippen LogP contribution in [0.3, 0.4) is 0 Å². The van der Waals surface area contributed by atoms with Gasteiger partial charge < -0.3 is 10.1 Å². The zero-order valence-electron chi connectivity index (χ0n) is 14.6. The van der Waals surface area contributed by atoms with Crippen LogP contribution >= 0.6 is 0 Å². The highest BCUT2D eigenvalue weighted by Gasteiger charge is 2.24. The zero-order chi connectivity index (χ0) is 18.6. The maximum Gasteiger partial charge on any atom is 0.413 e. The zero-order valence-corrected chi connectivity index (χ0v) is 14.6. The van der Waals surface area contributed by atoms with Crippen molar-refractivity contribution in [3.63, 3.8) is 0 Å². The van der Waals surface area contributed by atoms with Crippen LogP contribution in [0, 0.1) is 5.82 Å². The van der Waals surface area contributed by atoms with E-state index in [1.54, 1.807) is 30.5 Å². The van der Waals surface area contributed by atoms with Gasteiger partial charge >= 0.3 is 6.09 Å². The van der Waals surface area contributed by atoms with Gasteiger partial charge in [-0.15, -0.1) is 0 Å². The number of ether oxygens (including phenoxy) is 1. The number of rotatable bonds is 4. The number of carbonyl (C=O) groups is 1. The maximum atomic E-state index is 13.1. The van der Waals surface area contributed by atoms with Crippen molar-refractivity contribution < 1.29 is 13.9 Å². The minimum atomic E-state index is -0.657. The maximum absolute atomic E-state index is 13.1. The molecular weight excluding hydrogens is 331 g/mol. The number of hydrogen-bond donors (Lipinski definition) is 1. The van der Waals surface area contributed by atoms with E-state index in [9.17, 15) is 9.18 Å². The number of benzene rings is 2. The normalized spacial score (nSPS) is 11.0. The van der Waals surface area contributed by atoms with Crippen molar-refractivity contribution in [3.8, 4) is 16.9 Å². The molecule has 1 heterocycles. The summed E-state index contributed by atoms with van der Waals surface area (Å²) in [5.74, 6) is 0.103. The summed E-state index contributed by atoms with van der Waals surface area (Å²) >= 11 is 0. The lowest BCUT2D eigenvalue weighted by Gasteiger charge is -2.27. The van der Waals surface area contributed by atoms with E-state index in [-0.39, 0.29) is 5.82 Å². The quantitative estimate of drug-likeness (QED) is 0.727. The summed E-state index contributed by atoms with van der Waals surface area (Å²) in [4.78, 5) is 16.1. The van der Waals surface area contributed by atoms with Crippen molar-refractivity contribution in [1.29, 1.82) is 0 Å². The molecule has 1 N–H and O–H groups in total. The minimum absolute atomic E-state index is 0.273. The second-order valence-electron chi connectivity index (χ2n) is 6.42. The molecule has 0 atom stereocenters. The molecule has 0 fully saturated rings. The Labute approximate surface area is 151 Å². The topological polar surface area (TPSA) is 51.2 Å². The van der Waals surface area contributed by atoms with E-state index in [0.29, 0.717) is 5.75 Å². The lowest BCUT2D eigenvalue weighted by molar-refractivity contribution is 0.188. The average Bonchev–Trinajstić information content (AvgIpc) is 2.63. The third-order valence-electron chi connectivity index (χ3n) is 4.02. The Kier molecular flexibility index (Phi) is 4.98. The standard InChI is InChI=1S/C21H19FN2O2/c1-21(2,24-20(25)26-19-7-4-12-23-14-19)17-6-3-5-16(13-17)15-8-10-18(22)11-9-15/h3-14H,1-2H3,(H,24,25). The number of hydrogen-bond acceptors (Lipinski definition) is 3. The van der Waals surface area contributed by atoms with Crippen LogP contribution in [-0.2, 0) is 5.54 Å². The highest BCUT2D eigenvalue weighted by atomic mass is 19.1. The van der Waals surface area contributed by atoms with Gasteiger partial charge in [-0.05, 0) is 60.9 Å². The number of amides is 1. The Morgan fingerprint density at radius 1 is 1.04 bits per heavy atom. The van der Waals surface area contributed by atoms with E-state index in [0.717, 1.165) is 16.7 Å². The van der Waals surface area contributed by atoms with Crippen LogP contribution in [0.1, 0.15) is 19.4 Å². The van der Waals surface area contributed by atoms with Crippen LogP contribution in [0.2, 0.25) is 0 Å². The van der Waals surface area contributed by atoms with E-state index in [2.05, 4.69) is 10.3 Å². The molecule has 0 spiro atoms. The van der Waals surface area contributed by atoms with Crippen molar-refractivity contribution in [2.24, 2.45) is 0 Å². The molecule has 0 bridgehead atoms.